The van der Waals surface area contributed by atoms with Gasteiger partial charge in [-0.1, -0.05) is 23.2 Å². The first-order chi connectivity index (χ1) is 9.97. The van der Waals surface area contributed by atoms with Crippen molar-refractivity contribution in [3.05, 3.63) is 27.7 Å². The molecule has 1 aromatic rings. The first-order valence-corrected chi connectivity index (χ1v) is 7.23. The Bertz CT molecular complexity index is 442. The second kappa shape index (κ2) is 9.46. The molecule has 0 aliphatic heterocycles. The maximum absolute atomic E-state index is 9.81. The summed E-state index contributed by atoms with van der Waals surface area (Å²) in [5.74, 6) is 0.313. The second-order valence-corrected chi connectivity index (χ2v) is 5.44. The van der Waals surface area contributed by atoms with E-state index in [2.05, 4.69) is 0 Å². The van der Waals surface area contributed by atoms with Gasteiger partial charge in [0, 0.05) is 17.7 Å². The first-order valence-electron chi connectivity index (χ1n) is 6.48. The van der Waals surface area contributed by atoms with Crippen LogP contribution < -0.4 is 4.74 Å². The molecule has 2 N–H and O–H groups in total. The molecule has 0 amide bonds. The molecule has 0 aliphatic rings. The van der Waals surface area contributed by atoms with Crippen LogP contribution in [0.15, 0.2) is 12.1 Å². The molecule has 0 aliphatic carbocycles. The third-order valence-corrected chi connectivity index (χ3v) is 3.15. The third-order valence-electron chi connectivity index (χ3n) is 2.65. The second-order valence-electron chi connectivity index (χ2n) is 4.60. The van der Waals surface area contributed by atoms with Crippen LogP contribution in [-0.2, 0) is 16.1 Å². The Morgan fingerprint density at radius 3 is 2.52 bits per heavy atom. The molecule has 0 spiro atoms. The smallest absolute Gasteiger partial charge is 0.143 e. The summed E-state index contributed by atoms with van der Waals surface area (Å²) >= 11 is 11.9. The zero-order chi connectivity index (χ0) is 15.8. The van der Waals surface area contributed by atoms with E-state index in [1.54, 1.807) is 13.2 Å². The lowest BCUT2D eigenvalue weighted by atomic mass is 10.2. The molecule has 0 bridgehead atoms. The minimum atomic E-state index is -0.817. The zero-order valence-electron chi connectivity index (χ0n) is 12.0. The Kier molecular flexibility index (Phi) is 8.33. The normalized spacial score (nSPS) is 14.0. The highest BCUT2D eigenvalue weighted by Crippen LogP contribution is 2.32. The molecule has 0 heterocycles. The number of aliphatic hydroxyl groups is 2. The van der Waals surface area contributed by atoms with Gasteiger partial charge in [-0.25, -0.2) is 0 Å². The van der Waals surface area contributed by atoms with Gasteiger partial charge in [-0.05, 0) is 19.1 Å². The Hall–Kier alpha value is -0.560. The van der Waals surface area contributed by atoms with E-state index in [0.717, 1.165) is 0 Å². The fraction of sp³-hybridized carbons (Fsp3) is 0.571. The van der Waals surface area contributed by atoms with Crippen molar-refractivity contribution >= 4 is 23.2 Å². The van der Waals surface area contributed by atoms with Gasteiger partial charge in [0.05, 0.1) is 30.9 Å². The molecule has 0 fully saturated rings. The van der Waals surface area contributed by atoms with Crippen molar-refractivity contribution in [1.82, 2.24) is 0 Å². The molecule has 1 rings (SSSR count). The van der Waals surface area contributed by atoms with Crippen molar-refractivity contribution in [1.29, 1.82) is 0 Å². The highest BCUT2D eigenvalue weighted by molar-refractivity contribution is 6.35. The Balaban J connectivity index is 2.51. The minimum absolute atomic E-state index is 0.00590. The Morgan fingerprint density at radius 1 is 1.19 bits per heavy atom. The number of hydrogen-bond acceptors (Lipinski definition) is 5. The summed E-state index contributed by atoms with van der Waals surface area (Å²) in [6.45, 7) is 2.15. The molecule has 21 heavy (non-hydrogen) atoms. The molecule has 2 atom stereocenters. The molecule has 2 unspecified atom stereocenters. The van der Waals surface area contributed by atoms with Gasteiger partial charge in [0.1, 0.15) is 18.5 Å². The van der Waals surface area contributed by atoms with Crippen LogP contribution in [-0.4, -0.2) is 49.4 Å². The van der Waals surface area contributed by atoms with Crippen LogP contribution in [0.1, 0.15) is 12.5 Å². The van der Waals surface area contributed by atoms with Gasteiger partial charge in [0.2, 0.25) is 0 Å². The summed E-state index contributed by atoms with van der Waals surface area (Å²) in [5.41, 5.74) is 0.466. The monoisotopic (exact) mass is 338 g/mol. The highest BCUT2D eigenvalue weighted by atomic mass is 35.5. The quantitative estimate of drug-likeness (QED) is 0.722. The SMILES string of the molecule is COCC(C)OCC(O)COc1c(Cl)cc(Cl)cc1CO. The van der Waals surface area contributed by atoms with E-state index in [1.165, 1.54) is 6.07 Å². The fourth-order valence-corrected chi connectivity index (χ4v) is 2.27. The van der Waals surface area contributed by atoms with Crippen molar-refractivity contribution in [2.45, 2.75) is 25.7 Å². The van der Waals surface area contributed by atoms with Gasteiger partial charge in [-0.3, -0.25) is 0 Å². The largest absolute Gasteiger partial charge is 0.489 e. The van der Waals surface area contributed by atoms with Crippen LogP contribution in [0, 0.1) is 0 Å². The predicted octanol–water partition coefficient (Wildman–Crippen LogP) is 2.28. The van der Waals surface area contributed by atoms with E-state index in [0.29, 0.717) is 22.9 Å². The maximum atomic E-state index is 9.81. The van der Waals surface area contributed by atoms with E-state index in [1.807, 2.05) is 6.92 Å². The van der Waals surface area contributed by atoms with E-state index in [4.69, 9.17) is 37.4 Å². The Morgan fingerprint density at radius 2 is 1.90 bits per heavy atom. The van der Waals surface area contributed by atoms with Crippen molar-refractivity contribution in [2.75, 3.05) is 26.9 Å². The van der Waals surface area contributed by atoms with Crippen LogP contribution in [0.2, 0.25) is 10.0 Å². The molecule has 0 saturated heterocycles. The number of methoxy groups -OCH3 is 1. The van der Waals surface area contributed by atoms with Crippen LogP contribution >= 0.6 is 23.2 Å². The van der Waals surface area contributed by atoms with Gasteiger partial charge in [0.25, 0.3) is 0 Å². The lowest BCUT2D eigenvalue weighted by molar-refractivity contribution is -0.0424. The summed E-state index contributed by atoms with van der Waals surface area (Å²) in [6.07, 6.45) is -0.931. The third kappa shape index (κ3) is 6.38. The molecular weight excluding hydrogens is 319 g/mol. The molecule has 7 heteroatoms. The minimum Gasteiger partial charge on any atom is -0.489 e. The number of benzene rings is 1. The molecule has 120 valence electrons. The van der Waals surface area contributed by atoms with Crippen molar-refractivity contribution in [2.24, 2.45) is 0 Å². The lowest BCUT2D eigenvalue weighted by Gasteiger charge is -2.18. The number of ether oxygens (including phenoxy) is 3. The van der Waals surface area contributed by atoms with E-state index in [9.17, 15) is 10.2 Å². The average molecular weight is 339 g/mol. The van der Waals surface area contributed by atoms with Gasteiger partial charge >= 0.3 is 0 Å². The van der Waals surface area contributed by atoms with Gasteiger partial charge in [-0.15, -0.1) is 0 Å². The number of aliphatic hydroxyl groups excluding tert-OH is 2. The Labute approximate surface area is 134 Å². The molecular formula is C14H20Cl2O5. The van der Waals surface area contributed by atoms with E-state index in [-0.39, 0.29) is 30.9 Å². The summed E-state index contributed by atoms with van der Waals surface area (Å²) < 4.78 is 15.8. The van der Waals surface area contributed by atoms with Crippen molar-refractivity contribution < 1.29 is 24.4 Å². The number of rotatable bonds is 9. The average Bonchev–Trinajstić information content (AvgIpc) is 2.43. The van der Waals surface area contributed by atoms with Crippen LogP contribution in [0.5, 0.6) is 5.75 Å². The lowest BCUT2D eigenvalue weighted by Crippen LogP contribution is -2.27. The number of hydrogen-bond donors (Lipinski definition) is 2. The first kappa shape index (κ1) is 18.5. The van der Waals surface area contributed by atoms with E-state index < -0.39 is 6.10 Å². The summed E-state index contributed by atoms with van der Waals surface area (Å²) in [5, 5.41) is 19.8. The maximum Gasteiger partial charge on any atom is 0.143 e. The fourth-order valence-electron chi connectivity index (χ4n) is 1.68. The highest BCUT2D eigenvalue weighted by Gasteiger charge is 2.14. The van der Waals surface area contributed by atoms with Crippen molar-refractivity contribution in [3.8, 4) is 5.75 Å². The molecule has 1 aromatic carbocycles. The summed E-state index contributed by atoms with van der Waals surface area (Å²) in [7, 11) is 1.58. The van der Waals surface area contributed by atoms with Crippen molar-refractivity contribution in [3.63, 3.8) is 0 Å². The summed E-state index contributed by atoms with van der Waals surface area (Å²) in [6, 6.07) is 3.08. The molecule has 0 radical (unpaired) electrons. The molecule has 5 nitrogen and oxygen atoms in total. The van der Waals surface area contributed by atoms with Crippen LogP contribution in [0.25, 0.3) is 0 Å². The van der Waals surface area contributed by atoms with Gasteiger partial charge < -0.3 is 24.4 Å². The number of halogens is 2. The zero-order valence-corrected chi connectivity index (χ0v) is 13.5. The topological polar surface area (TPSA) is 68.2 Å². The summed E-state index contributed by atoms with van der Waals surface area (Å²) in [4.78, 5) is 0. The van der Waals surface area contributed by atoms with Gasteiger partial charge in [-0.2, -0.15) is 0 Å². The predicted molar refractivity (Wildman–Crippen MR) is 81.2 cm³/mol. The molecule has 0 saturated carbocycles. The standard InChI is InChI=1S/C14H20Cl2O5/c1-9(6-19-2)20-7-12(18)8-21-14-10(5-17)3-11(15)4-13(14)16/h3-4,9,12,17-18H,5-8H2,1-2H3. The molecule has 0 aromatic heterocycles. The van der Waals surface area contributed by atoms with Crippen LogP contribution in [0.4, 0.5) is 0 Å². The van der Waals surface area contributed by atoms with Crippen LogP contribution in [0.3, 0.4) is 0 Å². The van der Waals surface area contributed by atoms with E-state index >= 15 is 0 Å². The van der Waals surface area contributed by atoms with Gasteiger partial charge in [0.15, 0.2) is 0 Å².